The second-order valence-corrected chi connectivity index (χ2v) is 8.07. The maximum absolute atomic E-state index is 13.0. The minimum atomic E-state index is -0.259. The third-order valence-corrected chi connectivity index (χ3v) is 6.18. The molecule has 1 unspecified atom stereocenters. The zero-order valence-electron chi connectivity index (χ0n) is 15.6. The van der Waals surface area contributed by atoms with Gasteiger partial charge in [-0.2, -0.15) is 0 Å². The molecule has 1 atom stereocenters. The summed E-state index contributed by atoms with van der Waals surface area (Å²) in [5, 5.41) is 0. The first-order chi connectivity index (χ1) is 12.7. The van der Waals surface area contributed by atoms with Crippen molar-refractivity contribution in [3.63, 3.8) is 0 Å². The SMILES string of the molecule is CCCCC(=O)N1CSCC1C(=O)N1CCN(Cc2ccccc2)CC1. The van der Waals surface area contributed by atoms with E-state index in [0.717, 1.165) is 51.3 Å². The van der Waals surface area contributed by atoms with Gasteiger partial charge in [-0.15, -0.1) is 11.8 Å². The van der Waals surface area contributed by atoms with E-state index in [1.165, 1.54) is 5.56 Å². The first kappa shape index (κ1) is 19.2. The molecule has 0 aromatic heterocycles. The van der Waals surface area contributed by atoms with E-state index in [-0.39, 0.29) is 17.9 Å². The molecule has 0 saturated carbocycles. The second kappa shape index (κ2) is 9.42. The Morgan fingerprint density at radius 1 is 1.12 bits per heavy atom. The molecule has 142 valence electrons. The fraction of sp³-hybridized carbons (Fsp3) is 0.600. The number of carbonyl (C=O) groups excluding carboxylic acids is 2. The molecule has 0 N–H and O–H groups in total. The van der Waals surface area contributed by atoms with Gasteiger partial charge in [-0.25, -0.2) is 0 Å². The van der Waals surface area contributed by atoms with Crippen molar-refractivity contribution in [2.45, 2.75) is 38.8 Å². The number of hydrogen-bond donors (Lipinski definition) is 0. The largest absolute Gasteiger partial charge is 0.338 e. The van der Waals surface area contributed by atoms with Crippen LogP contribution in [0.4, 0.5) is 0 Å². The van der Waals surface area contributed by atoms with Crippen LogP contribution in [0.1, 0.15) is 31.7 Å². The summed E-state index contributed by atoms with van der Waals surface area (Å²) in [6, 6.07) is 10.2. The van der Waals surface area contributed by atoms with Crippen molar-refractivity contribution in [2.24, 2.45) is 0 Å². The van der Waals surface area contributed by atoms with Gasteiger partial charge < -0.3 is 9.80 Å². The molecule has 6 heteroatoms. The topological polar surface area (TPSA) is 43.9 Å². The molecule has 2 fully saturated rings. The van der Waals surface area contributed by atoms with Gasteiger partial charge in [0.15, 0.2) is 0 Å². The predicted octanol–water partition coefficient (Wildman–Crippen LogP) is 2.42. The molecule has 2 aliphatic heterocycles. The maximum atomic E-state index is 13.0. The Hall–Kier alpha value is -1.53. The number of carbonyl (C=O) groups is 2. The molecule has 2 saturated heterocycles. The van der Waals surface area contributed by atoms with Crippen molar-refractivity contribution in [1.29, 1.82) is 0 Å². The van der Waals surface area contributed by atoms with Crippen molar-refractivity contribution in [3.8, 4) is 0 Å². The fourth-order valence-electron chi connectivity index (χ4n) is 3.54. The van der Waals surface area contributed by atoms with Crippen molar-refractivity contribution in [1.82, 2.24) is 14.7 Å². The lowest BCUT2D eigenvalue weighted by molar-refractivity contribution is -0.144. The normalized spacial score (nSPS) is 21.2. The van der Waals surface area contributed by atoms with Gasteiger partial charge in [0.1, 0.15) is 6.04 Å². The van der Waals surface area contributed by atoms with Gasteiger partial charge in [0.2, 0.25) is 11.8 Å². The van der Waals surface area contributed by atoms with Crippen LogP contribution in [0, 0.1) is 0 Å². The van der Waals surface area contributed by atoms with Crippen LogP contribution in [0.5, 0.6) is 0 Å². The lowest BCUT2D eigenvalue weighted by Gasteiger charge is -2.37. The van der Waals surface area contributed by atoms with Crippen LogP contribution in [0.3, 0.4) is 0 Å². The first-order valence-electron chi connectivity index (χ1n) is 9.61. The van der Waals surface area contributed by atoms with Gasteiger partial charge in [0.25, 0.3) is 0 Å². The quantitative estimate of drug-likeness (QED) is 0.766. The molecule has 26 heavy (non-hydrogen) atoms. The van der Waals surface area contributed by atoms with Gasteiger partial charge in [-0.1, -0.05) is 43.7 Å². The van der Waals surface area contributed by atoms with E-state index in [0.29, 0.717) is 12.3 Å². The Bertz CT molecular complexity index is 602. The number of hydrogen-bond acceptors (Lipinski definition) is 4. The molecule has 1 aromatic carbocycles. The van der Waals surface area contributed by atoms with Crippen molar-refractivity contribution < 1.29 is 9.59 Å². The summed E-state index contributed by atoms with van der Waals surface area (Å²) < 4.78 is 0. The van der Waals surface area contributed by atoms with Gasteiger partial charge in [-0.3, -0.25) is 14.5 Å². The Morgan fingerprint density at radius 2 is 1.85 bits per heavy atom. The molecule has 0 bridgehead atoms. The molecular weight excluding hydrogens is 346 g/mol. The van der Waals surface area contributed by atoms with Crippen LogP contribution >= 0.6 is 11.8 Å². The lowest BCUT2D eigenvalue weighted by atomic mass is 10.1. The standard InChI is InChI=1S/C20H29N3O2S/c1-2-3-9-19(24)23-16-26-15-18(23)20(25)22-12-10-21(11-13-22)14-17-7-5-4-6-8-17/h4-8,18H,2-3,9-16H2,1H3. The Labute approximate surface area is 160 Å². The van der Waals surface area contributed by atoms with Crippen molar-refractivity contribution in [2.75, 3.05) is 37.8 Å². The Kier molecular flexibility index (Phi) is 6.97. The summed E-state index contributed by atoms with van der Waals surface area (Å²) in [7, 11) is 0. The molecule has 0 radical (unpaired) electrons. The summed E-state index contributed by atoms with van der Waals surface area (Å²) in [4.78, 5) is 31.5. The molecule has 2 amide bonds. The van der Waals surface area contributed by atoms with Crippen LogP contribution in [0.15, 0.2) is 30.3 Å². The van der Waals surface area contributed by atoms with Gasteiger partial charge >= 0.3 is 0 Å². The highest BCUT2D eigenvalue weighted by Gasteiger charge is 2.37. The van der Waals surface area contributed by atoms with E-state index in [9.17, 15) is 9.59 Å². The van der Waals surface area contributed by atoms with Gasteiger partial charge in [0, 0.05) is 44.9 Å². The van der Waals surface area contributed by atoms with E-state index in [2.05, 4.69) is 36.1 Å². The van der Waals surface area contributed by atoms with Crippen LogP contribution < -0.4 is 0 Å². The minimum Gasteiger partial charge on any atom is -0.338 e. The van der Waals surface area contributed by atoms with Crippen LogP contribution in [0.25, 0.3) is 0 Å². The molecule has 2 aliphatic rings. The third kappa shape index (κ3) is 4.80. The second-order valence-electron chi connectivity index (χ2n) is 7.07. The first-order valence-corrected chi connectivity index (χ1v) is 10.8. The summed E-state index contributed by atoms with van der Waals surface area (Å²) in [6.07, 6.45) is 2.47. The van der Waals surface area contributed by atoms with E-state index < -0.39 is 0 Å². The van der Waals surface area contributed by atoms with E-state index >= 15 is 0 Å². The number of rotatable bonds is 6. The zero-order chi connectivity index (χ0) is 18.4. The molecule has 0 spiro atoms. The van der Waals surface area contributed by atoms with Crippen molar-refractivity contribution in [3.05, 3.63) is 35.9 Å². The number of thioether (sulfide) groups is 1. The van der Waals surface area contributed by atoms with Gasteiger partial charge in [-0.05, 0) is 12.0 Å². The third-order valence-electron chi connectivity index (χ3n) is 5.16. The molecule has 3 rings (SSSR count). The Balaban J connectivity index is 1.50. The predicted molar refractivity (Wildman–Crippen MR) is 106 cm³/mol. The minimum absolute atomic E-state index is 0.137. The lowest BCUT2D eigenvalue weighted by Crippen LogP contribution is -2.54. The number of unbranched alkanes of at least 4 members (excludes halogenated alkanes) is 1. The van der Waals surface area contributed by atoms with Crippen LogP contribution in [-0.2, 0) is 16.1 Å². The summed E-state index contributed by atoms with van der Waals surface area (Å²) in [5.41, 5.74) is 1.31. The molecule has 2 heterocycles. The van der Waals surface area contributed by atoms with Crippen LogP contribution in [0.2, 0.25) is 0 Å². The number of benzene rings is 1. The Morgan fingerprint density at radius 3 is 2.54 bits per heavy atom. The smallest absolute Gasteiger partial charge is 0.246 e. The van der Waals surface area contributed by atoms with Crippen molar-refractivity contribution >= 4 is 23.6 Å². The maximum Gasteiger partial charge on any atom is 0.246 e. The van der Waals surface area contributed by atoms with E-state index in [4.69, 9.17) is 0 Å². The number of nitrogens with zero attached hydrogens (tertiary/aromatic N) is 3. The highest BCUT2D eigenvalue weighted by molar-refractivity contribution is 7.99. The highest BCUT2D eigenvalue weighted by atomic mass is 32.2. The summed E-state index contributed by atoms with van der Waals surface area (Å²) in [6.45, 7) is 6.32. The zero-order valence-corrected chi connectivity index (χ0v) is 16.4. The average molecular weight is 376 g/mol. The average Bonchev–Trinajstić information content (AvgIpc) is 3.17. The number of amides is 2. The monoisotopic (exact) mass is 375 g/mol. The summed E-state index contributed by atoms with van der Waals surface area (Å²) in [5.74, 6) is 1.67. The number of piperazine rings is 1. The highest BCUT2D eigenvalue weighted by Crippen LogP contribution is 2.24. The van der Waals surface area contributed by atoms with Crippen LogP contribution in [-0.4, -0.2) is 70.4 Å². The van der Waals surface area contributed by atoms with E-state index in [1.54, 1.807) is 16.7 Å². The molecule has 1 aromatic rings. The van der Waals surface area contributed by atoms with Gasteiger partial charge in [0.05, 0.1) is 5.88 Å². The molecular formula is C20H29N3O2S. The fourth-order valence-corrected chi connectivity index (χ4v) is 4.72. The molecule has 0 aliphatic carbocycles. The van der Waals surface area contributed by atoms with E-state index in [1.807, 2.05) is 11.0 Å². The summed E-state index contributed by atoms with van der Waals surface area (Å²) >= 11 is 1.69. The molecule has 5 nitrogen and oxygen atoms in total.